The third-order valence-electron chi connectivity index (χ3n) is 3.71. The van der Waals surface area contributed by atoms with Crippen LogP contribution in [0.5, 0.6) is 0 Å². The molecule has 0 aliphatic heterocycles. The van der Waals surface area contributed by atoms with Gasteiger partial charge < -0.3 is 25.2 Å². The zero-order valence-electron chi connectivity index (χ0n) is 12.1. The van der Waals surface area contributed by atoms with E-state index in [0.717, 1.165) is 19.3 Å². The van der Waals surface area contributed by atoms with Gasteiger partial charge in [-0.05, 0) is 32.1 Å². The maximum Gasteiger partial charge on any atom is 0.326 e. The maximum atomic E-state index is 11.7. The zero-order chi connectivity index (χ0) is 15.0. The van der Waals surface area contributed by atoms with Crippen molar-refractivity contribution in [3.05, 3.63) is 0 Å². The molecule has 2 amide bonds. The normalized spacial score (nSPS) is 17.9. The topological polar surface area (TPSA) is 96.9 Å². The van der Waals surface area contributed by atoms with Crippen LogP contribution in [0.25, 0.3) is 0 Å². The summed E-state index contributed by atoms with van der Waals surface area (Å²) in [6, 6.07) is -1.37. The Kier molecular flexibility index (Phi) is 6.74. The number of ether oxygens (including phenoxy) is 2. The molecule has 7 heteroatoms. The number of carbonyl (C=O) groups is 2. The first-order valence-electron chi connectivity index (χ1n) is 6.84. The predicted octanol–water partition coefficient (Wildman–Crippen LogP) is 0.735. The van der Waals surface area contributed by atoms with E-state index in [9.17, 15) is 9.59 Å². The lowest BCUT2D eigenvalue weighted by Gasteiger charge is -2.40. The van der Waals surface area contributed by atoms with Crippen molar-refractivity contribution in [2.75, 3.05) is 27.4 Å². The molecule has 1 atom stereocenters. The highest BCUT2D eigenvalue weighted by Gasteiger charge is 2.37. The molecule has 1 saturated carbocycles. The number of amides is 2. The average Bonchev–Trinajstić information content (AvgIpc) is 2.37. The second kappa shape index (κ2) is 8.06. The van der Waals surface area contributed by atoms with Gasteiger partial charge in [0.15, 0.2) is 0 Å². The average molecular weight is 288 g/mol. The van der Waals surface area contributed by atoms with Crippen molar-refractivity contribution in [3.63, 3.8) is 0 Å². The number of aliphatic carboxylic acids is 1. The fraction of sp³-hybridized carbons (Fsp3) is 0.846. The minimum Gasteiger partial charge on any atom is -0.480 e. The van der Waals surface area contributed by atoms with Crippen LogP contribution in [0, 0.1) is 0 Å². The third kappa shape index (κ3) is 4.97. The molecule has 3 N–H and O–H groups in total. The molecule has 1 rings (SSSR count). The summed E-state index contributed by atoms with van der Waals surface area (Å²) in [4.78, 5) is 22.8. The maximum absolute atomic E-state index is 11.7. The Morgan fingerprint density at radius 3 is 2.50 bits per heavy atom. The molecule has 116 valence electrons. The van der Waals surface area contributed by atoms with Crippen molar-refractivity contribution in [1.82, 2.24) is 10.6 Å². The standard InChI is InChI=1S/C13H24N2O5/c1-19-8-3-5-10(11(16)17)15-12(18)14-9-13(20-2)6-4-7-13/h10H,3-9H2,1-2H3,(H,16,17)(H2,14,15,18). The van der Waals surface area contributed by atoms with Crippen LogP contribution in [0.4, 0.5) is 4.79 Å². The van der Waals surface area contributed by atoms with Crippen LogP contribution < -0.4 is 10.6 Å². The molecule has 0 aromatic carbocycles. The first-order chi connectivity index (χ1) is 9.53. The largest absolute Gasteiger partial charge is 0.480 e. The Balaban J connectivity index is 2.32. The highest BCUT2D eigenvalue weighted by atomic mass is 16.5. The molecule has 0 aromatic rings. The van der Waals surface area contributed by atoms with E-state index >= 15 is 0 Å². The van der Waals surface area contributed by atoms with Crippen LogP contribution in [-0.4, -0.2) is 56.1 Å². The van der Waals surface area contributed by atoms with Crippen LogP contribution >= 0.6 is 0 Å². The molecular weight excluding hydrogens is 264 g/mol. The van der Waals surface area contributed by atoms with Gasteiger partial charge in [-0.2, -0.15) is 0 Å². The minimum atomic E-state index is -1.04. The molecule has 0 spiro atoms. The summed E-state index contributed by atoms with van der Waals surface area (Å²) < 4.78 is 10.2. The number of carboxylic acid groups (broad SMARTS) is 1. The van der Waals surface area contributed by atoms with Gasteiger partial charge in [0.05, 0.1) is 5.60 Å². The van der Waals surface area contributed by atoms with Gasteiger partial charge in [0, 0.05) is 27.4 Å². The summed E-state index contributed by atoms with van der Waals surface area (Å²) in [6.07, 6.45) is 3.84. The van der Waals surface area contributed by atoms with Crippen molar-refractivity contribution >= 4 is 12.0 Å². The van der Waals surface area contributed by atoms with Gasteiger partial charge in [-0.25, -0.2) is 9.59 Å². The van der Waals surface area contributed by atoms with E-state index in [1.165, 1.54) is 0 Å². The Hall–Kier alpha value is -1.34. The summed E-state index contributed by atoms with van der Waals surface area (Å²) in [6.45, 7) is 0.875. The summed E-state index contributed by atoms with van der Waals surface area (Å²) in [5.74, 6) is -1.04. The summed E-state index contributed by atoms with van der Waals surface area (Å²) in [5.41, 5.74) is -0.272. The fourth-order valence-electron chi connectivity index (χ4n) is 2.16. The second-order valence-electron chi connectivity index (χ2n) is 5.09. The number of hydrogen-bond donors (Lipinski definition) is 3. The SMILES string of the molecule is COCCCC(NC(=O)NCC1(OC)CCC1)C(=O)O. The first kappa shape index (κ1) is 16.7. The van der Waals surface area contributed by atoms with E-state index in [0.29, 0.717) is 26.0 Å². The van der Waals surface area contributed by atoms with E-state index in [1.807, 2.05) is 0 Å². The molecule has 7 nitrogen and oxygen atoms in total. The van der Waals surface area contributed by atoms with E-state index in [4.69, 9.17) is 14.6 Å². The van der Waals surface area contributed by atoms with Crippen LogP contribution in [0.2, 0.25) is 0 Å². The number of carbonyl (C=O) groups excluding carboxylic acids is 1. The van der Waals surface area contributed by atoms with Crippen LogP contribution in [-0.2, 0) is 14.3 Å². The van der Waals surface area contributed by atoms with E-state index < -0.39 is 18.0 Å². The summed E-state index contributed by atoms with van der Waals surface area (Å²) >= 11 is 0. The molecule has 1 aliphatic rings. The first-order valence-corrected chi connectivity index (χ1v) is 6.84. The van der Waals surface area contributed by atoms with Crippen molar-refractivity contribution in [3.8, 4) is 0 Å². The number of urea groups is 1. The van der Waals surface area contributed by atoms with E-state index in [-0.39, 0.29) is 5.60 Å². The molecule has 0 bridgehead atoms. The highest BCUT2D eigenvalue weighted by Crippen LogP contribution is 2.34. The summed E-state index contributed by atoms with van der Waals surface area (Å²) in [5, 5.41) is 14.2. The molecule has 0 saturated heterocycles. The van der Waals surface area contributed by atoms with Crippen molar-refractivity contribution in [2.24, 2.45) is 0 Å². The summed E-state index contributed by atoms with van der Waals surface area (Å²) in [7, 11) is 3.18. The lowest BCUT2D eigenvalue weighted by atomic mass is 9.80. The predicted molar refractivity (Wildman–Crippen MR) is 72.7 cm³/mol. The van der Waals surface area contributed by atoms with E-state index in [2.05, 4.69) is 10.6 Å². The second-order valence-corrected chi connectivity index (χ2v) is 5.09. The zero-order valence-corrected chi connectivity index (χ0v) is 12.1. The Morgan fingerprint density at radius 1 is 1.35 bits per heavy atom. The number of carboxylic acids is 1. The number of rotatable bonds is 9. The van der Waals surface area contributed by atoms with Gasteiger partial charge in [0.1, 0.15) is 6.04 Å². The van der Waals surface area contributed by atoms with Gasteiger partial charge in [-0.15, -0.1) is 0 Å². The monoisotopic (exact) mass is 288 g/mol. The molecular formula is C13H24N2O5. The molecule has 0 radical (unpaired) electrons. The molecule has 1 unspecified atom stereocenters. The van der Waals surface area contributed by atoms with Crippen molar-refractivity contribution < 1.29 is 24.2 Å². The molecule has 1 aliphatic carbocycles. The lowest BCUT2D eigenvalue weighted by Crippen LogP contribution is -2.53. The van der Waals surface area contributed by atoms with Crippen molar-refractivity contribution in [1.29, 1.82) is 0 Å². The fourth-order valence-corrected chi connectivity index (χ4v) is 2.16. The van der Waals surface area contributed by atoms with Gasteiger partial charge in [-0.1, -0.05) is 0 Å². The Bertz CT molecular complexity index is 325. The van der Waals surface area contributed by atoms with Gasteiger partial charge in [0.2, 0.25) is 0 Å². The lowest BCUT2D eigenvalue weighted by molar-refractivity contribution is -0.139. The third-order valence-corrected chi connectivity index (χ3v) is 3.71. The number of nitrogens with one attached hydrogen (secondary N) is 2. The van der Waals surface area contributed by atoms with Gasteiger partial charge in [0.25, 0.3) is 0 Å². The molecule has 1 fully saturated rings. The highest BCUT2D eigenvalue weighted by molar-refractivity contribution is 5.82. The van der Waals surface area contributed by atoms with Crippen LogP contribution in [0.3, 0.4) is 0 Å². The Morgan fingerprint density at radius 2 is 2.05 bits per heavy atom. The quantitative estimate of drug-likeness (QED) is 0.544. The number of methoxy groups -OCH3 is 2. The molecule has 0 heterocycles. The molecule has 20 heavy (non-hydrogen) atoms. The van der Waals surface area contributed by atoms with Crippen LogP contribution in [0.15, 0.2) is 0 Å². The van der Waals surface area contributed by atoms with E-state index in [1.54, 1.807) is 14.2 Å². The van der Waals surface area contributed by atoms with Crippen molar-refractivity contribution in [2.45, 2.75) is 43.7 Å². The number of hydrogen-bond acceptors (Lipinski definition) is 4. The van der Waals surface area contributed by atoms with Gasteiger partial charge >= 0.3 is 12.0 Å². The molecule has 0 aromatic heterocycles. The van der Waals surface area contributed by atoms with Crippen LogP contribution in [0.1, 0.15) is 32.1 Å². The smallest absolute Gasteiger partial charge is 0.326 e. The Labute approximate surface area is 119 Å². The minimum absolute atomic E-state index is 0.272. The van der Waals surface area contributed by atoms with Gasteiger partial charge in [-0.3, -0.25) is 0 Å².